The summed E-state index contributed by atoms with van der Waals surface area (Å²) in [6.07, 6.45) is -8.63. The number of pyridine rings is 1. The zero-order valence-corrected chi connectivity index (χ0v) is 15.8. The Hall–Kier alpha value is -3.58. The highest BCUT2D eigenvalue weighted by molar-refractivity contribution is 5.94. The van der Waals surface area contributed by atoms with Crippen LogP contribution in [0.2, 0.25) is 0 Å². The van der Waals surface area contributed by atoms with Crippen LogP contribution in [0.15, 0.2) is 36.8 Å². The minimum Gasteiger partial charge on any atom is -0.342 e. The average molecular weight is 465 g/mol. The van der Waals surface area contributed by atoms with Crippen LogP contribution in [0.25, 0.3) is 5.82 Å². The van der Waals surface area contributed by atoms with Crippen molar-refractivity contribution in [3.8, 4) is 5.82 Å². The van der Waals surface area contributed by atoms with Crippen molar-refractivity contribution in [1.29, 1.82) is 0 Å². The second-order valence-electron chi connectivity index (χ2n) is 6.48. The van der Waals surface area contributed by atoms with Crippen LogP contribution in [0.1, 0.15) is 40.3 Å². The summed E-state index contributed by atoms with van der Waals surface area (Å²) in [7, 11) is 0. The molecule has 1 atom stereocenters. The number of aromatic nitrogens is 4. The van der Waals surface area contributed by atoms with E-state index in [9.17, 15) is 39.9 Å². The molecule has 1 amide bonds. The van der Waals surface area contributed by atoms with Gasteiger partial charge in [0.25, 0.3) is 5.91 Å². The molecule has 0 radical (unpaired) electrons. The highest BCUT2D eigenvalue weighted by Crippen LogP contribution is 2.36. The summed E-state index contributed by atoms with van der Waals surface area (Å²) in [5.74, 6) is -4.03. The molecule has 2 heterocycles. The first-order valence-electron chi connectivity index (χ1n) is 8.59. The first kappa shape index (κ1) is 23.1. The van der Waals surface area contributed by atoms with Gasteiger partial charge in [-0.3, -0.25) is 4.79 Å². The Bertz CT molecular complexity index is 1120. The SMILES string of the molecule is C[C@H](NC(=O)c1cc(C(F)(F)F)cc(C(F)(F)F)c1)c1ncnn1-c1ncc(F)cc1F. The maximum Gasteiger partial charge on any atom is 0.416 e. The van der Waals surface area contributed by atoms with Crippen molar-refractivity contribution < 1.29 is 39.9 Å². The van der Waals surface area contributed by atoms with Crippen molar-refractivity contribution in [2.75, 3.05) is 0 Å². The minimum atomic E-state index is -5.13. The van der Waals surface area contributed by atoms with Gasteiger partial charge >= 0.3 is 12.4 Å². The van der Waals surface area contributed by atoms with E-state index in [1.807, 2.05) is 0 Å². The van der Waals surface area contributed by atoms with Crippen LogP contribution < -0.4 is 5.32 Å². The molecule has 32 heavy (non-hydrogen) atoms. The molecule has 6 nitrogen and oxygen atoms in total. The highest BCUT2D eigenvalue weighted by Gasteiger charge is 2.37. The fourth-order valence-corrected chi connectivity index (χ4v) is 2.70. The largest absolute Gasteiger partial charge is 0.416 e. The molecule has 0 fully saturated rings. The van der Waals surface area contributed by atoms with E-state index in [-0.39, 0.29) is 24.0 Å². The Kier molecular flexibility index (Phi) is 5.89. The smallest absolute Gasteiger partial charge is 0.342 e. The van der Waals surface area contributed by atoms with Crippen molar-refractivity contribution in [2.24, 2.45) is 0 Å². The van der Waals surface area contributed by atoms with Gasteiger partial charge in [-0.1, -0.05) is 0 Å². The normalized spacial score (nSPS) is 13.2. The lowest BCUT2D eigenvalue weighted by molar-refractivity contribution is -0.143. The number of rotatable bonds is 4. The van der Waals surface area contributed by atoms with E-state index in [0.29, 0.717) is 12.3 Å². The number of alkyl halides is 6. The molecule has 2 aromatic heterocycles. The van der Waals surface area contributed by atoms with E-state index in [2.05, 4.69) is 20.4 Å². The first-order chi connectivity index (χ1) is 14.8. The molecule has 1 N–H and O–H groups in total. The van der Waals surface area contributed by atoms with Crippen molar-refractivity contribution in [3.05, 3.63) is 70.9 Å². The molecule has 0 aliphatic carbocycles. The van der Waals surface area contributed by atoms with Gasteiger partial charge in [0, 0.05) is 11.6 Å². The van der Waals surface area contributed by atoms with Gasteiger partial charge in [-0.2, -0.15) is 36.1 Å². The summed E-state index contributed by atoms with van der Waals surface area (Å²) < 4.78 is 106. The third kappa shape index (κ3) is 4.84. The number of hydrogen-bond donors (Lipinski definition) is 1. The summed E-state index contributed by atoms with van der Waals surface area (Å²) in [4.78, 5) is 19.7. The summed E-state index contributed by atoms with van der Waals surface area (Å²) in [5, 5.41) is 5.88. The van der Waals surface area contributed by atoms with Gasteiger partial charge in [-0.15, -0.1) is 0 Å². The Labute approximate surface area is 173 Å². The van der Waals surface area contributed by atoms with Crippen LogP contribution in [0.4, 0.5) is 35.1 Å². The second-order valence-corrected chi connectivity index (χ2v) is 6.48. The van der Waals surface area contributed by atoms with E-state index in [1.165, 1.54) is 6.92 Å². The topological polar surface area (TPSA) is 72.7 Å². The van der Waals surface area contributed by atoms with Gasteiger partial charge < -0.3 is 5.32 Å². The molecule has 14 heteroatoms. The van der Waals surface area contributed by atoms with Crippen molar-refractivity contribution in [1.82, 2.24) is 25.1 Å². The van der Waals surface area contributed by atoms with E-state index < -0.39 is 58.4 Å². The van der Waals surface area contributed by atoms with Crippen LogP contribution in [-0.4, -0.2) is 25.7 Å². The Morgan fingerprint density at radius 2 is 1.56 bits per heavy atom. The van der Waals surface area contributed by atoms with Gasteiger partial charge in [0.1, 0.15) is 12.1 Å². The molecule has 0 saturated heterocycles. The number of carbonyl (C=O) groups excluding carboxylic acids is 1. The fraction of sp³-hybridized carbons (Fsp3) is 0.222. The first-order valence-corrected chi connectivity index (χ1v) is 8.59. The third-order valence-corrected chi connectivity index (χ3v) is 4.15. The zero-order valence-electron chi connectivity index (χ0n) is 15.8. The molecule has 1 aromatic carbocycles. The molecule has 0 saturated carbocycles. The van der Waals surface area contributed by atoms with E-state index in [1.54, 1.807) is 0 Å². The summed E-state index contributed by atoms with van der Waals surface area (Å²) in [6, 6.07) is -0.231. The van der Waals surface area contributed by atoms with Gasteiger partial charge in [0.2, 0.25) is 0 Å². The van der Waals surface area contributed by atoms with Gasteiger partial charge in [-0.05, 0) is 25.1 Å². The molecule has 3 aromatic rings. The predicted octanol–water partition coefficient (Wildman–Crippen LogP) is 4.47. The predicted molar refractivity (Wildman–Crippen MR) is 91.4 cm³/mol. The van der Waals surface area contributed by atoms with Crippen LogP contribution in [0.3, 0.4) is 0 Å². The minimum absolute atomic E-state index is 0.111. The maximum absolute atomic E-state index is 14.0. The summed E-state index contributed by atoms with van der Waals surface area (Å²) >= 11 is 0. The quantitative estimate of drug-likeness (QED) is 0.578. The molecule has 0 unspecified atom stereocenters. The van der Waals surface area contributed by atoms with E-state index >= 15 is 0 Å². The standard InChI is InChI=1S/C18H11F8N5O/c1-8(14-28-7-29-31(14)15-13(20)5-12(19)6-27-15)30-16(32)9-2-10(17(21,22)23)4-11(3-9)18(24,25)26/h2-8H,1H3,(H,30,32)/t8-/m0/s1. The molecule has 3 rings (SSSR count). The molecule has 0 spiro atoms. The number of halogens is 8. The number of amides is 1. The highest BCUT2D eigenvalue weighted by atomic mass is 19.4. The van der Waals surface area contributed by atoms with E-state index in [0.717, 1.165) is 11.0 Å². The number of carbonyl (C=O) groups is 1. The average Bonchev–Trinajstić information content (AvgIpc) is 3.16. The molecular formula is C18H11F8N5O. The lowest BCUT2D eigenvalue weighted by atomic mass is 10.0. The summed E-state index contributed by atoms with van der Waals surface area (Å²) in [6.45, 7) is 1.28. The Morgan fingerprint density at radius 3 is 2.09 bits per heavy atom. The van der Waals surface area contributed by atoms with E-state index in [4.69, 9.17) is 0 Å². The Balaban J connectivity index is 1.93. The monoisotopic (exact) mass is 465 g/mol. The molecular weight excluding hydrogens is 454 g/mol. The second kappa shape index (κ2) is 8.16. The van der Waals surface area contributed by atoms with Crippen LogP contribution in [0, 0.1) is 11.6 Å². The fourth-order valence-electron chi connectivity index (χ4n) is 2.70. The van der Waals surface area contributed by atoms with Crippen molar-refractivity contribution in [2.45, 2.75) is 25.3 Å². The van der Waals surface area contributed by atoms with Crippen LogP contribution in [0.5, 0.6) is 0 Å². The van der Waals surface area contributed by atoms with Gasteiger partial charge in [-0.25, -0.2) is 18.7 Å². The third-order valence-electron chi connectivity index (χ3n) is 4.15. The van der Waals surface area contributed by atoms with Crippen LogP contribution >= 0.6 is 0 Å². The Morgan fingerprint density at radius 1 is 0.969 bits per heavy atom. The van der Waals surface area contributed by atoms with Crippen LogP contribution in [-0.2, 0) is 12.4 Å². The van der Waals surface area contributed by atoms with Gasteiger partial charge in [0.15, 0.2) is 17.5 Å². The number of nitrogens with one attached hydrogen (secondary N) is 1. The van der Waals surface area contributed by atoms with Crippen molar-refractivity contribution in [3.63, 3.8) is 0 Å². The molecule has 0 aliphatic heterocycles. The molecule has 0 bridgehead atoms. The zero-order chi connectivity index (χ0) is 23.8. The lowest BCUT2D eigenvalue weighted by Gasteiger charge is -2.17. The molecule has 170 valence electrons. The number of nitrogens with zero attached hydrogens (tertiary/aromatic N) is 4. The maximum atomic E-state index is 14.0. The lowest BCUT2D eigenvalue weighted by Crippen LogP contribution is -2.29. The van der Waals surface area contributed by atoms with Crippen molar-refractivity contribution >= 4 is 5.91 Å². The number of hydrogen-bond acceptors (Lipinski definition) is 4. The van der Waals surface area contributed by atoms with Gasteiger partial charge in [0.05, 0.1) is 23.4 Å². The molecule has 0 aliphatic rings. The summed E-state index contributed by atoms with van der Waals surface area (Å²) in [5.41, 5.74) is -4.23. The number of benzene rings is 1.